The molecule has 0 radical (unpaired) electrons. The molecule has 102 valence electrons. The van der Waals surface area contributed by atoms with Crippen molar-refractivity contribution >= 4 is 28.5 Å². The van der Waals surface area contributed by atoms with Gasteiger partial charge in [-0.25, -0.2) is 4.39 Å². The predicted octanol–water partition coefficient (Wildman–Crippen LogP) is 3.76. The molecule has 0 N–H and O–H groups in total. The molecule has 2 aromatic rings. The first-order valence-corrected chi connectivity index (χ1v) is 7.04. The van der Waals surface area contributed by atoms with E-state index in [1.54, 1.807) is 6.07 Å². The summed E-state index contributed by atoms with van der Waals surface area (Å²) in [7, 11) is 0. The molecule has 2 rings (SSSR count). The standard InChI is InChI=1S/C14H16FNO2S/c1-9-11-7-10(15)5-6-12(11)18-13(9)8-16-19(17)14(2,3)4/h5-8H,1-4H3/b16-8+. The second kappa shape index (κ2) is 4.98. The Bertz CT molecular complexity index is 628. The maximum atomic E-state index is 13.2. The Labute approximate surface area is 114 Å². The summed E-state index contributed by atoms with van der Waals surface area (Å²) < 4.78 is 34.2. The quantitative estimate of drug-likeness (QED) is 0.621. The number of hydrogen-bond acceptors (Lipinski definition) is 3. The van der Waals surface area contributed by atoms with Gasteiger partial charge in [-0.2, -0.15) is 0 Å². The molecule has 0 aliphatic carbocycles. The van der Waals surface area contributed by atoms with E-state index < -0.39 is 16.1 Å². The summed E-state index contributed by atoms with van der Waals surface area (Å²) >= 11 is -1.34. The Kier molecular flexibility index (Phi) is 3.69. The Hall–Kier alpha value is -1.33. The number of furan rings is 1. The van der Waals surface area contributed by atoms with Gasteiger partial charge < -0.3 is 8.97 Å². The zero-order valence-corrected chi connectivity index (χ0v) is 12.2. The van der Waals surface area contributed by atoms with Crippen LogP contribution in [0.1, 0.15) is 32.1 Å². The van der Waals surface area contributed by atoms with E-state index in [0.717, 1.165) is 5.56 Å². The summed E-state index contributed by atoms with van der Waals surface area (Å²) in [6.07, 6.45) is 1.45. The second-order valence-electron chi connectivity index (χ2n) is 5.33. The van der Waals surface area contributed by atoms with E-state index in [4.69, 9.17) is 4.42 Å². The maximum absolute atomic E-state index is 13.2. The van der Waals surface area contributed by atoms with Crippen LogP contribution in [0.15, 0.2) is 27.0 Å². The highest BCUT2D eigenvalue weighted by molar-refractivity contribution is 7.91. The first kappa shape index (κ1) is 14.1. The zero-order chi connectivity index (χ0) is 14.2. The van der Waals surface area contributed by atoms with Crippen LogP contribution < -0.4 is 0 Å². The van der Waals surface area contributed by atoms with Crippen LogP contribution in [-0.2, 0) is 11.4 Å². The molecule has 0 amide bonds. The van der Waals surface area contributed by atoms with Crippen molar-refractivity contribution in [1.82, 2.24) is 0 Å². The van der Waals surface area contributed by atoms with Crippen molar-refractivity contribution in [2.75, 3.05) is 0 Å². The Balaban J connectivity index is 2.36. The van der Waals surface area contributed by atoms with Crippen molar-refractivity contribution < 1.29 is 13.4 Å². The molecule has 1 aromatic carbocycles. The third-order valence-corrected chi connectivity index (χ3v) is 4.07. The number of fused-ring (bicyclic) bond motifs is 1. The van der Waals surface area contributed by atoms with Gasteiger partial charge in [0.2, 0.25) is 0 Å². The molecular weight excluding hydrogens is 265 g/mol. The minimum atomic E-state index is -1.34. The van der Waals surface area contributed by atoms with E-state index in [-0.39, 0.29) is 5.82 Å². The molecule has 0 saturated heterocycles. The van der Waals surface area contributed by atoms with Crippen molar-refractivity contribution in [1.29, 1.82) is 0 Å². The molecule has 0 aliphatic heterocycles. The summed E-state index contributed by atoms with van der Waals surface area (Å²) in [6.45, 7) is 7.37. The van der Waals surface area contributed by atoms with Crippen molar-refractivity contribution in [3.63, 3.8) is 0 Å². The first-order valence-electron chi connectivity index (χ1n) is 5.94. The van der Waals surface area contributed by atoms with Gasteiger partial charge in [-0.1, -0.05) is 4.40 Å². The van der Waals surface area contributed by atoms with E-state index in [2.05, 4.69) is 4.40 Å². The molecule has 3 nitrogen and oxygen atoms in total. The summed E-state index contributed by atoms with van der Waals surface area (Å²) in [5, 5.41) is 0.711. The van der Waals surface area contributed by atoms with Crippen LogP contribution in [0.3, 0.4) is 0 Å². The molecular formula is C14H16FNO2S. The van der Waals surface area contributed by atoms with E-state index in [0.29, 0.717) is 16.7 Å². The maximum Gasteiger partial charge on any atom is 0.153 e. The molecule has 5 heteroatoms. The van der Waals surface area contributed by atoms with Gasteiger partial charge >= 0.3 is 0 Å². The summed E-state index contributed by atoms with van der Waals surface area (Å²) in [4.78, 5) is 0. The molecule has 0 spiro atoms. The van der Waals surface area contributed by atoms with Crippen molar-refractivity contribution in [3.05, 3.63) is 35.3 Å². The summed E-state index contributed by atoms with van der Waals surface area (Å²) in [6, 6.07) is 4.35. The second-order valence-corrected chi connectivity index (χ2v) is 7.26. The van der Waals surface area contributed by atoms with Gasteiger partial charge in [-0.05, 0) is 45.9 Å². The van der Waals surface area contributed by atoms with Gasteiger partial charge in [0, 0.05) is 10.9 Å². The fourth-order valence-electron chi connectivity index (χ4n) is 1.59. The molecule has 1 aromatic heterocycles. The molecule has 1 heterocycles. The van der Waals surface area contributed by atoms with Gasteiger partial charge in [-0.15, -0.1) is 0 Å². The Morgan fingerprint density at radius 3 is 2.68 bits per heavy atom. The van der Waals surface area contributed by atoms with Crippen LogP contribution in [-0.4, -0.2) is 15.5 Å². The van der Waals surface area contributed by atoms with E-state index in [1.807, 2.05) is 27.7 Å². The van der Waals surface area contributed by atoms with Crippen molar-refractivity contribution in [2.45, 2.75) is 32.4 Å². The SMILES string of the molecule is Cc1c(/C=N/[S+]([O-])C(C)(C)C)oc2ccc(F)cc12. The fourth-order valence-corrected chi connectivity index (χ4v) is 2.10. The molecule has 1 unspecified atom stereocenters. The number of aryl methyl sites for hydroxylation is 1. The fraction of sp³-hybridized carbons (Fsp3) is 0.357. The minimum Gasteiger partial charge on any atom is -0.591 e. The highest BCUT2D eigenvalue weighted by Gasteiger charge is 2.26. The monoisotopic (exact) mass is 281 g/mol. The first-order chi connectivity index (χ1) is 8.79. The highest BCUT2D eigenvalue weighted by Crippen LogP contribution is 2.25. The number of hydrogen-bond donors (Lipinski definition) is 0. The average Bonchev–Trinajstić information content (AvgIpc) is 2.62. The summed E-state index contributed by atoms with van der Waals surface area (Å²) in [5.41, 5.74) is 1.39. The number of halogens is 1. The van der Waals surface area contributed by atoms with Crippen LogP contribution in [0.5, 0.6) is 0 Å². The van der Waals surface area contributed by atoms with E-state index in [1.165, 1.54) is 18.3 Å². The van der Waals surface area contributed by atoms with Crippen LogP contribution in [0, 0.1) is 12.7 Å². The third-order valence-electron chi connectivity index (χ3n) is 2.72. The zero-order valence-electron chi connectivity index (χ0n) is 11.4. The van der Waals surface area contributed by atoms with Crippen LogP contribution in [0.25, 0.3) is 11.0 Å². The minimum absolute atomic E-state index is 0.307. The largest absolute Gasteiger partial charge is 0.591 e. The Morgan fingerprint density at radius 1 is 1.37 bits per heavy atom. The van der Waals surface area contributed by atoms with Crippen LogP contribution in [0.4, 0.5) is 4.39 Å². The topological polar surface area (TPSA) is 48.6 Å². The van der Waals surface area contributed by atoms with Gasteiger partial charge in [0.05, 0.1) is 0 Å². The van der Waals surface area contributed by atoms with Gasteiger partial charge in [-0.3, -0.25) is 0 Å². The van der Waals surface area contributed by atoms with Crippen LogP contribution >= 0.6 is 0 Å². The molecule has 0 bridgehead atoms. The van der Waals surface area contributed by atoms with Crippen LogP contribution in [0.2, 0.25) is 0 Å². The van der Waals surface area contributed by atoms with E-state index >= 15 is 0 Å². The lowest BCUT2D eigenvalue weighted by Gasteiger charge is -2.17. The molecule has 0 aliphatic rings. The van der Waals surface area contributed by atoms with Gasteiger partial charge in [0.1, 0.15) is 33.7 Å². The van der Waals surface area contributed by atoms with Gasteiger partial charge in [0.25, 0.3) is 0 Å². The molecule has 19 heavy (non-hydrogen) atoms. The van der Waals surface area contributed by atoms with Crippen molar-refractivity contribution in [3.8, 4) is 0 Å². The van der Waals surface area contributed by atoms with Gasteiger partial charge in [0.15, 0.2) is 5.76 Å². The lowest BCUT2D eigenvalue weighted by molar-refractivity contribution is 0.561. The molecule has 1 atom stereocenters. The summed E-state index contributed by atoms with van der Waals surface area (Å²) in [5.74, 6) is 0.205. The normalized spacial score (nSPS) is 14.4. The smallest absolute Gasteiger partial charge is 0.153 e. The molecule has 0 saturated carbocycles. The highest BCUT2D eigenvalue weighted by atomic mass is 32.2. The number of rotatable bonds is 2. The molecule has 0 fully saturated rings. The average molecular weight is 281 g/mol. The lowest BCUT2D eigenvalue weighted by atomic mass is 10.1. The van der Waals surface area contributed by atoms with E-state index in [9.17, 15) is 8.94 Å². The number of nitrogens with zero attached hydrogens (tertiary/aromatic N) is 1. The third kappa shape index (κ3) is 2.98. The number of benzene rings is 1. The Morgan fingerprint density at radius 2 is 2.05 bits per heavy atom. The van der Waals surface area contributed by atoms with Crippen molar-refractivity contribution in [2.24, 2.45) is 4.40 Å². The lowest BCUT2D eigenvalue weighted by Crippen LogP contribution is -2.25. The predicted molar refractivity (Wildman–Crippen MR) is 76.4 cm³/mol.